The van der Waals surface area contributed by atoms with Crippen LogP contribution in [0, 0.1) is 6.92 Å². The van der Waals surface area contributed by atoms with Crippen LogP contribution in [0.3, 0.4) is 0 Å². The van der Waals surface area contributed by atoms with E-state index in [1.54, 1.807) is 0 Å². The van der Waals surface area contributed by atoms with Gasteiger partial charge in [-0.1, -0.05) is 36.8 Å². The molecule has 0 aliphatic carbocycles. The van der Waals surface area contributed by atoms with Gasteiger partial charge in [-0.3, -0.25) is 4.79 Å². The van der Waals surface area contributed by atoms with Crippen molar-refractivity contribution >= 4 is 22.6 Å². The van der Waals surface area contributed by atoms with Crippen LogP contribution in [0.2, 0.25) is 0 Å². The number of amides is 1. The molecule has 1 amide bonds. The first-order valence-electron chi connectivity index (χ1n) is 8.77. The number of nitrogens with two attached hydrogens (primary N) is 1. The molecule has 7 heteroatoms. The van der Waals surface area contributed by atoms with Crippen molar-refractivity contribution in [1.82, 2.24) is 14.3 Å². The van der Waals surface area contributed by atoms with Crippen molar-refractivity contribution in [2.24, 2.45) is 5.73 Å². The molecule has 25 heavy (non-hydrogen) atoms. The van der Waals surface area contributed by atoms with Crippen molar-refractivity contribution in [3.8, 4) is 0 Å². The highest BCUT2D eigenvalue weighted by Crippen LogP contribution is 2.21. The van der Waals surface area contributed by atoms with E-state index >= 15 is 0 Å². The van der Waals surface area contributed by atoms with Gasteiger partial charge in [0.2, 0.25) is 11.0 Å². The van der Waals surface area contributed by atoms with Crippen LogP contribution < -0.4 is 10.6 Å². The maximum atomic E-state index is 12.8. The van der Waals surface area contributed by atoms with Gasteiger partial charge >= 0.3 is 0 Å². The molecule has 1 aromatic carbocycles. The van der Waals surface area contributed by atoms with Gasteiger partial charge in [0.1, 0.15) is 11.9 Å². The van der Waals surface area contributed by atoms with Gasteiger partial charge in [0.15, 0.2) is 0 Å². The summed E-state index contributed by atoms with van der Waals surface area (Å²) >= 11 is 1.44. The number of hydrogen-bond acceptors (Lipinski definition) is 6. The van der Waals surface area contributed by atoms with Crippen LogP contribution >= 0.6 is 11.5 Å². The van der Waals surface area contributed by atoms with Crippen molar-refractivity contribution in [3.05, 3.63) is 41.2 Å². The van der Waals surface area contributed by atoms with Gasteiger partial charge in [0, 0.05) is 44.1 Å². The molecule has 0 radical (unpaired) electrons. The number of aromatic nitrogens is 2. The lowest BCUT2D eigenvalue weighted by Gasteiger charge is -2.24. The van der Waals surface area contributed by atoms with Gasteiger partial charge in [0.25, 0.3) is 0 Å². The number of nitrogens with zero attached hydrogens (tertiary/aromatic N) is 4. The predicted octanol–water partition coefficient (Wildman–Crippen LogP) is 2.15. The zero-order chi connectivity index (χ0) is 17.8. The minimum Gasteiger partial charge on any atom is -0.345 e. The van der Waals surface area contributed by atoms with E-state index in [0.29, 0.717) is 6.54 Å². The van der Waals surface area contributed by atoms with E-state index in [1.165, 1.54) is 11.5 Å². The van der Waals surface area contributed by atoms with Crippen molar-refractivity contribution in [2.45, 2.75) is 32.7 Å². The van der Waals surface area contributed by atoms with Crippen LogP contribution in [0.1, 0.15) is 36.3 Å². The minimum atomic E-state index is -0.597. The second kappa shape index (κ2) is 7.93. The molecule has 0 saturated carbocycles. The minimum absolute atomic E-state index is 0.00258. The van der Waals surface area contributed by atoms with Gasteiger partial charge in [-0.05, 0) is 18.9 Å². The number of benzene rings is 1. The Bertz CT molecular complexity index is 715. The molecule has 2 aromatic rings. The second-order valence-corrected chi connectivity index (χ2v) is 7.13. The Labute approximate surface area is 152 Å². The van der Waals surface area contributed by atoms with E-state index < -0.39 is 6.04 Å². The largest absolute Gasteiger partial charge is 0.345 e. The highest BCUT2D eigenvalue weighted by molar-refractivity contribution is 7.09. The molecule has 1 fully saturated rings. The van der Waals surface area contributed by atoms with Gasteiger partial charge in [-0.15, -0.1) is 0 Å². The number of carbonyl (C=O) groups is 1. The zero-order valence-corrected chi connectivity index (χ0v) is 15.6. The Kier molecular flexibility index (Phi) is 5.65. The Morgan fingerprint density at radius 1 is 1.24 bits per heavy atom. The molecular weight excluding hydrogens is 334 g/mol. The summed E-state index contributed by atoms with van der Waals surface area (Å²) in [6.07, 6.45) is 1.76. The molecule has 3 rings (SSSR count). The SMILES string of the molecule is CCc1nsc(N2CCCN(C(=O)C(N)c3ccc(C)cc3)CC2)n1. The zero-order valence-electron chi connectivity index (χ0n) is 14.8. The molecule has 1 aliphatic heterocycles. The third-order valence-corrected chi connectivity index (χ3v) is 5.37. The molecule has 1 aliphatic rings. The summed E-state index contributed by atoms with van der Waals surface area (Å²) in [6, 6.07) is 7.27. The van der Waals surface area contributed by atoms with Crippen molar-refractivity contribution in [2.75, 3.05) is 31.1 Å². The first-order valence-corrected chi connectivity index (χ1v) is 9.54. The topological polar surface area (TPSA) is 75.4 Å². The monoisotopic (exact) mass is 359 g/mol. The number of carbonyl (C=O) groups excluding carboxylic acids is 1. The lowest BCUT2D eigenvalue weighted by Crippen LogP contribution is -2.40. The summed E-state index contributed by atoms with van der Waals surface area (Å²) in [5, 5.41) is 0.953. The third kappa shape index (κ3) is 4.16. The number of anilines is 1. The Balaban J connectivity index is 1.63. The molecule has 1 unspecified atom stereocenters. The van der Waals surface area contributed by atoms with Crippen LogP contribution in [0.4, 0.5) is 5.13 Å². The van der Waals surface area contributed by atoms with Gasteiger partial charge in [0.05, 0.1) is 0 Å². The lowest BCUT2D eigenvalue weighted by molar-refractivity contribution is -0.132. The van der Waals surface area contributed by atoms with Gasteiger partial charge in [-0.2, -0.15) is 4.37 Å². The Morgan fingerprint density at radius 3 is 2.68 bits per heavy atom. The summed E-state index contributed by atoms with van der Waals surface area (Å²) in [5.41, 5.74) is 8.25. The predicted molar refractivity (Wildman–Crippen MR) is 101 cm³/mol. The summed E-state index contributed by atoms with van der Waals surface area (Å²) in [7, 11) is 0. The normalized spacial score (nSPS) is 16.6. The third-order valence-electron chi connectivity index (χ3n) is 4.55. The van der Waals surface area contributed by atoms with Crippen LogP contribution in [0.25, 0.3) is 0 Å². The molecule has 6 nitrogen and oxygen atoms in total. The maximum absolute atomic E-state index is 12.8. The highest BCUT2D eigenvalue weighted by atomic mass is 32.1. The quantitative estimate of drug-likeness (QED) is 0.905. The lowest BCUT2D eigenvalue weighted by atomic mass is 10.0. The first kappa shape index (κ1) is 17.8. The Hall–Kier alpha value is -1.99. The van der Waals surface area contributed by atoms with E-state index in [2.05, 4.69) is 21.2 Å². The fourth-order valence-corrected chi connectivity index (χ4v) is 3.76. The molecule has 0 bridgehead atoms. The highest BCUT2D eigenvalue weighted by Gasteiger charge is 2.25. The maximum Gasteiger partial charge on any atom is 0.244 e. The Morgan fingerprint density at radius 2 is 2.00 bits per heavy atom. The van der Waals surface area contributed by atoms with E-state index in [4.69, 9.17) is 5.73 Å². The summed E-state index contributed by atoms with van der Waals surface area (Å²) in [5.74, 6) is 0.885. The van der Waals surface area contributed by atoms with Crippen LogP contribution in [-0.4, -0.2) is 46.3 Å². The fraction of sp³-hybridized carbons (Fsp3) is 0.500. The molecule has 1 aromatic heterocycles. The van der Waals surface area contributed by atoms with Crippen LogP contribution in [0.5, 0.6) is 0 Å². The molecular formula is C18H25N5OS. The van der Waals surface area contributed by atoms with E-state index in [-0.39, 0.29) is 5.91 Å². The standard InChI is InChI=1S/C18H25N5OS/c1-3-15-20-18(25-21-15)23-10-4-9-22(11-12-23)17(24)16(19)14-7-5-13(2)6-8-14/h5-8,16H,3-4,9-12,19H2,1-2H3. The second-order valence-electron chi connectivity index (χ2n) is 6.40. The average molecular weight is 359 g/mol. The molecule has 0 spiro atoms. The molecule has 2 heterocycles. The van der Waals surface area contributed by atoms with E-state index in [9.17, 15) is 4.79 Å². The van der Waals surface area contributed by atoms with Crippen molar-refractivity contribution in [3.63, 3.8) is 0 Å². The fourth-order valence-electron chi connectivity index (χ4n) is 2.96. The molecule has 2 N–H and O–H groups in total. The summed E-state index contributed by atoms with van der Waals surface area (Å²) < 4.78 is 4.36. The van der Waals surface area contributed by atoms with Gasteiger partial charge in [-0.25, -0.2) is 4.98 Å². The summed E-state index contributed by atoms with van der Waals surface area (Å²) in [6.45, 7) is 7.14. The van der Waals surface area contributed by atoms with E-state index in [1.807, 2.05) is 36.1 Å². The molecule has 1 atom stereocenters. The van der Waals surface area contributed by atoms with Crippen molar-refractivity contribution in [1.29, 1.82) is 0 Å². The number of rotatable bonds is 4. The number of aryl methyl sites for hydroxylation is 2. The number of hydrogen-bond donors (Lipinski definition) is 1. The van der Waals surface area contributed by atoms with Crippen LogP contribution in [-0.2, 0) is 11.2 Å². The average Bonchev–Trinajstić information content (AvgIpc) is 2.98. The molecule has 134 valence electrons. The smallest absolute Gasteiger partial charge is 0.244 e. The first-order chi connectivity index (χ1) is 12.1. The van der Waals surface area contributed by atoms with Crippen molar-refractivity contribution < 1.29 is 4.79 Å². The molecule has 1 saturated heterocycles. The summed E-state index contributed by atoms with van der Waals surface area (Å²) in [4.78, 5) is 21.5. The van der Waals surface area contributed by atoms with Crippen LogP contribution in [0.15, 0.2) is 24.3 Å². The van der Waals surface area contributed by atoms with E-state index in [0.717, 1.165) is 54.6 Å². The van der Waals surface area contributed by atoms with Gasteiger partial charge < -0.3 is 15.5 Å².